The van der Waals surface area contributed by atoms with Crippen molar-refractivity contribution in [3.63, 3.8) is 0 Å². The van der Waals surface area contributed by atoms with Crippen LogP contribution in [-0.4, -0.2) is 63.3 Å². The Morgan fingerprint density at radius 2 is 2.00 bits per heavy atom. The molecule has 8 nitrogen and oxygen atoms in total. The van der Waals surface area contributed by atoms with Crippen LogP contribution >= 0.6 is 23.1 Å². The van der Waals surface area contributed by atoms with Gasteiger partial charge in [0.25, 0.3) is 5.91 Å². The number of rotatable bonds is 9. The van der Waals surface area contributed by atoms with Crippen LogP contribution in [0.25, 0.3) is 0 Å². The van der Waals surface area contributed by atoms with Crippen LogP contribution in [0, 0.1) is 0 Å². The molecule has 1 unspecified atom stereocenters. The van der Waals surface area contributed by atoms with Crippen LogP contribution in [-0.2, 0) is 25.5 Å². The molecule has 10 heteroatoms. The van der Waals surface area contributed by atoms with Gasteiger partial charge < -0.3 is 20.3 Å². The van der Waals surface area contributed by atoms with Crippen LogP contribution in [0.3, 0.4) is 0 Å². The number of nitrogens with one attached hydrogen (secondary N) is 1. The zero-order valence-electron chi connectivity index (χ0n) is 17.0. The number of carboxylic acid groups (broad SMARTS) is 1. The van der Waals surface area contributed by atoms with Gasteiger partial charge in [0.15, 0.2) is 0 Å². The minimum absolute atomic E-state index is 0.00383. The van der Waals surface area contributed by atoms with Crippen molar-refractivity contribution in [2.45, 2.75) is 23.9 Å². The number of amides is 2. The summed E-state index contributed by atoms with van der Waals surface area (Å²) in [5.41, 5.74) is 1.07. The number of benzene rings is 1. The van der Waals surface area contributed by atoms with Gasteiger partial charge in [-0.3, -0.25) is 14.5 Å². The molecule has 1 aromatic carbocycles. The van der Waals surface area contributed by atoms with Crippen LogP contribution in [0.5, 0.6) is 0 Å². The fourth-order valence-electron chi connectivity index (χ4n) is 3.66. The van der Waals surface area contributed by atoms with Gasteiger partial charge in [-0.1, -0.05) is 36.4 Å². The average molecular weight is 475 g/mol. The highest BCUT2D eigenvalue weighted by Crippen LogP contribution is 2.40. The number of aliphatic hydroxyl groups excluding tert-OH is 1. The second-order valence-electron chi connectivity index (χ2n) is 7.41. The molecule has 2 amide bonds. The maximum Gasteiger partial charge on any atom is 0.352 e. The SMILES string of the molecule is O=C(Cc1cccs1)N[C@@H]1C(=O)N2C(C(=O)O)=C(COCC(O)c3ccccc3)CS[C@@H]12. The van der Waals surface area contributed by atoms with E-state index in [-0.39, 0.29) is 31.2 Å². The van der Waals surface area contributed by atoms with E-state index < -0.39 is 29.4 Å². The number of carbonyl (C=O) groups is 3. The number of hydrogen-bond donors (Lipinski definition) is 3. The van der Waals surface area contributed by atoms with Gasteiger partial charge in [0.2, 0.25) is 5.91 Å². The van der Waals surface area contributed by atoms with E-state index in [9.17, 15) is 24.6 Å². The second-order valence-corrected chi connectivity index (χ2v) is 9.55. The number of β-lactam (4-membered cyclic amide) rings is 1. The van der Waals surface area contributed by atoms with Crippen molar-refractivity contribution in [3.05, 3.63) is 69.6 Å². The highest BCUT2D eigenvalue weighted by atomic mass is 32.2. The van der Waals surface area contributed by atoms with Crippen molar-refractivity contribution < 1.29 is 29.3 Å². The lowest BCUT2D eigenvalue weighted by Crippen LogP contribution is -2.70. The third kappa shape index (κ3) is 4.73. The Labute approximate surface area is 192 Å². The molecule has 0 spiro atoms. The monoisotopic (exact) mass is 474 g/mol. The standard InChI is InChI=1S/C22H22N2O6S2/c25-16(13-5-2-1-3-6-13)11-30-10-14-12-32-21-18(20(27)24(21)19(14)22(28)29)23-17(26)9-15-7-4-8-31-15/h1-8,16,18,21,25H,9-12H2,(H,23,26)(H,28,29)/t16?,18-,21+/m1/s1. The number of ether oxygens (including phenoxy) is 1. The summed E-state index contributed by atoms with van der Waals surface area (Å²) in [6.45, 7) is -0.00567. The number of aliphatic hydroxyl groups is 1. The number of hydrogen-bond acceptors (Lipinski definition) is 7. The first-order valence-electron chi connectivity index (χ1n) is 9.98. The first kappa shape index (κ1) is 22.5. The fraction of sp³-hybridized carbons (Fsp3) is 0.318. The summed E-state index contributed by atoms with van der Waals surface area (Å²) in [5, 5.41) is 24.1. The third-order valence-corrected chi connectivity index (χ3v) is 7.43. The predicted octanol–water partition coefficient (Wildman–Crippen LogP) is 1.78. The third-order valence-electron chi connectivity index (χ3n) is 5.22. The first-order valence-corrected chi connectivity index (χ1v) is 11.9. The van der Waals surface area contributed by atoms with Crippen molar-refractivity contribution in [1.29, 1.82) is 0 Å². The molecule has 3 N–H and O–H groups in total. The normalized spacial score (nSPS) is 21.0. The number of nitrogens with zero attached hydrogens (tertiary/aromatic N) is 1. The summed E-state index contributed by atoms with van der Waals surface area (Å²) in [5.74, 6) is -1.57. The van der Waals surface area contributed by atoms with Crippen LogP contribution < -0.4 is 5.32 Å². The summed E-state index contributed by atoms with van der Waals surface area (Å²) >= 11 is 2.85. The lowest BCUT2D eigenvalue weighted by molar-refractivity contribution is -0.150. The number of fused-ring (bicyclic) bond motifs is 1. The second kappa shape index (κ2) is 9.86. The molecule has 0 aliphatic carbocycles. The zero-order valence-corrected chi connectivity index (χ0v) is 18.6. The maximum absolute atomic E-state index is 12.7. The number of carbonyl (C=O) groups excluding carboxylic acids is 2. The smallest absolute Gasteiger partial charge is 0.352 e. The van der Waals surface area contributed by atoms with E-state index in [1.165, 1.54) is 28.0 Å². The number of thiophene rings is 1. The van der Waals surface area contributed by atoms with Gasteiger partial charge in [-0.15, -0.1) is 23.1 Å². The Kier molecular flexibility index (Phi) is 6.95. The molecule has 168 valence electrons. The van der Waals surface area contributed by atoms with Crippen LogP contribution in [0.2, 0.25) is 0 Å². The molecule has 0 saturated carbocycles. The molecular formula is C22H22N2O6S2. The van der Waals surface area contributed by atoms with E-state index >= 15 is 0 Å². The summed E-state index contributed by atoms with van der Waals surface area (Å²) in [4.78, 5) is 39.0. The summed E-state index contributed by atoms with van der Waals surface area (Å²) in [6, 6.07) is 12.0. The Balaban J connectivity index is 1.37. The van der Waals surface area contributed by atoms with Gasteiger partial charge in [0.1, 0.15) is 23.2 Å². The number of aliphatic carboxylic acids is 1. The van der Waals surface area contributed by atoms with E-state index in [4.69, 9.17) is 4.74 Å². The van der Waals surface area contributed by atoms with Crippen molar-refractivity contribution >= 4 is 40.9 Å². The molecule has 1 aromatic heterocycles. The van der Waals surface area contributed by atoms with Crippen molar-refractivity contribution in [1.82, 2.24) is 10.2 Å². The Hall–Kier alpha value is -2.66. The highest BCUT2D eigenvalue weighted by molar-refractivity contribution is 8.00. The molecule has 32 heavy (non-hydrogen) atoms. The molecule has 0 radical (unpaired) electrons. The predicted molar refractivity (Wildman–Crippen MR) is 120 cm³/mol. The molecule has 3 heterocycles. The lowest BCUT2D eigenvalue weighted by Gasteiger charge is -2.49. The Morgan fingerprint density at radius 3 is 2.69 bits per heavy atom. The van der Waals surface area contributed by atoms with E-state index in [0.717, 1.165) is 4.88 Å². The topological polar surface area (TPSA) is 116 Å². The van der Waals surface area contributed by atoms with Gasteiger partial charge >= 0.3 is 5.97 Å². The van der Waals surface area contributed by atoms with E-state index in [2.05, 4.69) is 5.32 Å². The zero-order chi connectivity index (χ0) is 22.7. The quantitative estimate of drug-likeness (QED) is 0.475. The molecule has 2 aromatic rings. The van der Waals surface area contributed by atoms with Gasteiger partial charge in [-0.2, -0.15) is 0 Å². The molecule has 2 aliphatic heterocycles. The number of carboxylic acids is 1. The van der Waals surface area contributed by atoms with Gasteiger partial charge in [-0.25, -0.2) is 4.79 Å². The molecular weight excluding hydrogens is 452 g/mol. The minimum Gasteiger partial charge on any atom is -0.477 e. The molecule has 1 saturated heterocycles. The number of thioether (sulfide) groups is 1. The molecule has 2 aliphatic rings. The molecule has 1 fully saturated rings. The largest absolute Gasteiger partial charge is 0.477 e. The van der Waals surface area contributed by atoms with Crippen molar-refractivity contribution in [3.8, 4) is 0 Å². The van der Waals surface area contributed by atoms with E-state index in [0.29, 0.717) is 16.9 Å². The first-order chi connectivity index (χ1) is 15.5. The molecule has 3 atom stereocenters. The van der Waals surface area contributed by atoms with Crippen LogP contribution in [0.4, 0.5) is 0 Å². The van der Waals surface area contributed by atoms with Gasteiger partial charge in [-0.05, 0) is 22.6 Å². The molecule has 0 bridgehead atoms. The van der Waals surface area contributed by atoms with Crippen molar-refractivity contribution in [2.24, 2.45) is 0 Å². The van der Waals surface area contributed by atoms with Crippen molar-refractivity contribution in [2.75, 3.05) is 19.0 Å². The lowest BCUT2D eigenvalue weighted by atomic mass is 10.0. The van der Waals surface area contributed by atoms with Crippen LogP contribution in [0.1, 0.15) is 16.5 Å². The summed E-state index contributed by atoms with van der Waals surface area (Å²) in [6.07, 6.45) is -0.647. The van der Waals surface area contributed by atoms with Gasteiger partial charge in [0, 0.05) is 10.6 Å². The van der Waals surface area contributed by atoms with E-state index in [1.807, 2.05) is 35.7 Å². The fourth-order valence-corrected chi connectivity index (χ4v) is 5.69. The Bertz CT molecular complexity index is 1020. The average Bonchev–Trinajstić information content (AvgIpc) is 3.30. The Morgan fingerprint density at radius 1 is 1.22 bits per heavy atom. The highest BCUT2D eigenvalue weighted by Gasteiger charge is 2.54. The summed E-state index contributed by atoms with van der Waals surface area (Å²) < 4.78 is 5.57. The minimum atomic E-state index is -1.21. The molecule has 4 rings (SSSR count). The van der Waals surface area contributed by atoms with Crippen LogP contribution in [0.15, 0.2) is 59.1 Å². The maximum atomic E-state index is 12.7. The van der Waals surface area contributed by atoms with Gasteiger partial charge in [0.05, 0.1) is 19.6 Å². The summed E-state index contributed by atoms with van der Waals surface area (Å²) in [7, 11) is 0. The van der Waals surface area contributed by atoms with E-state index in [1.54, 1.807) is 12.1 Å².